The molecular formula is C19H21N3O5. The van der Waals surface area contributed by atoms with Crippen LogP contribution >= 0.6 is 0 Å². The van der Waals surface area contributed by atoms with E-state index in [2.05, 4.69) is 10.3 Å². The first-order chi connectivity index (χ1) is 12.9. The number of nitro groups is 1. The summed E-state index contributed by atoms with van der Waals surface area (Å²) in [6.07, 6.45) is 2.55. The molecule has 0 aliphatic carbocycles. The Morgan fingerprint density at radius 3 is 2.59 bits per heavy atom. The monoisotopic (exact) mass is 371 g/mol. The third-order valence-corrected chi connectivity index (χ3v) is 3.58. The number of aliphatic imine (C=N–C) groups is 1. The van der Waals surface area contributed by atoms with E-state index in [-0.39, 0.29) is 35.3 Å². The third kappa shape index (κ3) is 5.53. The summed E-state index contributed by atoms with van der Waals surface area (Å²) in [4.78, 5) is 26.3. The number of ether oxygens (including phenoxy) is 1. The minimum absolute atomic E-state index is 0.0298. The third-order valence-electron chi connectivity index (χ3n) is 3.58. The van der Waals surface area contributed by atoms with Crippen LogP contribution in [-0.2, 0) is 4.79 Å². The molecule has 0 aliphatic heterocycles. The van der Waals surface area contributed by atoms with Crippen LogP contribution in [-0.4, -0.2) is 28.8 Å². The highest BCUT2D eigenvalue weighted by Gasteiger charge is 2.16. The lowest BCUT2D eigenvalue weighted by atomic mass is 10.1. The van der Waals surface area contributed by atoms with E-state index < -0.39 is 4.92 Å². The van der Waals surface area contributed by atoms with Gasteiger partial charge in [-0.05, 0) is 37.6 Å². The van der Waals surface area contributed by atoms with E-state index in [1.54, 1.807) is 31.2 Å². The van der Waals surface area contributed by atoms with Crippen LogP contribution in [0.3, 0.4) is 0 Å². The van der Waals surface area contributed by atoms with Crippen LogP contribution in [0.5, 0.6) is 11.5 Å². The van der Waals surface area contributed by atoms with Gasteiger partial charge in [0.1, 0.15) is 0 Å². The molecule has 0 fully saturated rings. The predicted molar refractivity (Wildman–Crippen MR) is 103 cm³/mol. The number of hydrogen-bond donors (Lipinski definition) is 2. The van der Waals surface area contributed by atoms with Crippen molar-refractivity contribution in [1.82, 2.24) is 0 Å². The summed E-state index contributed by atoms with van der Waals surface area (Å²) in [7, 11) is 0. The zero-order chi connectivity index (χ0) is 19.8. The molecule has 2 aromatic carbocycles. The summed E-state index contributed by atoms with van der Waals surface area (Å²) < 4.78 is 5.24. The van der Waals surface area contributed by atoms with Crippen molar-refractivity contribution < 1.29 is 19.6 Å². The zero-order valence-electron chi connectivity index (χ0n) is 15.1. The number of carbonyl (C=O) groups is 1. The molecule has 2 N–H and O–H groups in total. The lowest BCUT2D eigenvalue weighted by molar-refractivity contribution is -0.385. The quantitative estimate of drug-likeness (QED) is 0.410. The van der Waals surface area contributed by atoms with Crippen molar-refractivity contribution in [2.75, 3.05) is 11.9 Å². The van der Waals surface area contributed by atoms with Gasteiger partial charge in [-0.3, -0.25) is 19.9 Å². The van der Waals surface area contributed by atoms with Crippen LogP contribution in [0.4, 0.5) is 17.1 Å². The first-order valence-corrected chi connectivity index (χ1v) is 8.52. The Balaban J connectivity index is 2.21. The van der Waals surface area contributed by atoms with Gasteiger partial charge in [0.2, 0.25) is 5.91 Å². The Morgan fingerprint density at radius 1 is 1.30 bits per heavy atom. The number of amides is 1. The fraction of sp³-hybridized carbons (Fsp3) is 0.263. The standard InChI is InChI=1S/C19H21N3O5/c1-3-5-18(23)21-15-8-6-14(7-9-15)20-12-13-10-16(22(25)26)11-17(19(13)24)27-4-2/h6-12,24H,3-5H2,1-2H3,(H,21,23). The summed E-state index contributed by atoms with van der Waals surface area (Å²) >= 11 is 0. The largest absolute Gasteiger partial charge is 0.504 e. The molecule has 8 heteroatoms. The first kappa shape index (κ1) is 19.9. The average Bonchev–Trinajstić information content (AvgIpc) is 2.63. The second-order valence-electron chi connectivity index (χ2n) is 5.68. The molecule has 0 atom stereocenters. The zero-order valence-corrected chi connectivity index (χ0v) is 15.1. The summed E-state index contributed by atoms with van der Waals surface area (Å²) in [5.41, 5.74) is 1.19. The second-order valence-corrected chi connectivity index (χ2v) is 5.68. The van der Waals surface area contributed by atoms with E-state index >= 15 is 0 Å². The molecule has 0 saturated carbocycles. The number of nitrogens with zero attached hydrogens (tertiary/aromatic N) is 2. The number of benzene rings is 2. The van der Waals surface area contributed by atoms with Crippen molar-refractivity contribution in [3.05, 3.63) is 52.1 Å². The van der Waals surface area contributed by atoms with Gasteiger partial charge in [-0.15, -0.1) is 0 Å². The molecule has 0 saturated heterocycles. The Bertz CT molecular complexity index is 847. The SMILES string of the molecule is CCCC(=O)Nc1ccc(N=Cc2cc([N+](=O)[O-])cc(OCC)c2O)cc1. The fourth-order valence-electron chi connectivity index (χ4n) is 2.31. The molecule has 2 aromatic rings. The van der Waals surface area contributed by atoms with E-state index in [0.717, 1.165) is 6.42 Å². The van der Waals surface area contributed by atoms with Crippen molar-refractivity contribution in [3.63, 3.8) is 0 Å². The molecule has 8 nitrogen and oxygen atoms in total. The number of phenols is 1. The van der Waals surface area contributed by atoms with Crippen molar-refractivity contribution in [2.45, 2.75) is 26.7 Å². The maximum absolute atomic E-state index is 11.6. The number of carbonyl (C=O) groups excluding carboxylic acids is 1. The van der Waals surface area contributed by atoms with Crippen LogP contribution in [0, 0.1) is 10.1 Å². The minimum atomic E-state index is -0.562. The molecule has 0 unspecified atom stereocenters. The van der Waals surface area contributed by atoms with Crippen LogP contribution in [0.15, 0.2) is 41.4 Å². The lowest BCUT2D eigenvalue weighted by Gasteiger charge is -2.08. The number of aromatic hydroxyl groups is 1. The number of phenolic OH excluding ortho intramolecular Hbond substituents is 1. The van der Waals surface area contributed by atoms with E-state index in [0.29, 0.717) is 17.8 Å². The lowest BCUT2D eigenvalue weighted by Crippen LogP contribution is -2.10. The molecule has 142 valence electrons. The number of non-ortho nitro benzene ring substituents is 1. The summed E-state index contributed by atoms with van der Waals surface area (Å²) in [5, 5.41) is 24.0. The number of hydrogen-bond acceptors (Lipinski definition) is 6. The van der Waals surface area contributed by atoms with Crippen molar-refractivity contribution in [3.8, 4) is 11.5 Å². The summed E-state index contributed by atoms with van der Waals surface area (Å²) in [5.74, 6) is -0.240. The normalized spacial score (nSPS) is 10.7. The maximum Gasteiger partial charge on any atom is 0.274 e. The molecule has 1 amide bonds. The smallest absolute Gasteiger partial charge is 0.274 e. The summed E-state index contributed by atoms with van der Waals surface area (Å²) in [6, 6.07) is 9.19. The van der Waals surface area contributed by atoms with Gasteiger partial charge in [0.15, 0.2) is 11.5 Å². The molecule has 27 heavy (non-hydrogen) atoms. The van der Waals surface area contributed by atoms with Crippen LogP contribution in [0.2, 0.25) is 0 Å². The Labute approximate surface area is 156 Å². The number of nitrogens with one attached hydrogen (secondary N) is 1. The van der Waals surface area contributed by atoms with Crippen LogP contribution in [0.25, 0.3) is 0 Å². The first-order valence-electron chi connectivity index (χ1n) is 8.52. The van der Waals surface area contributed by atoms with E-state index in [9.17, 15) is 20.0 Å². The Morgan fingerprint density at radius 2 is 2.00 bits per heavy atom. The molecule has 0 aromatic heterocycles. The number of anilines is 1. The van der Waals surface area contributed by atoms with Gasteiger partial charge in [-0.1, -0.05) is 6.92 Å². The highest BCUT2D eigenvalue weighted by Crippen LogP contribution is 2.34. The van der Waals surface area contributed by atoms with Gasteiger partial charge in [0.25, 0.3) is 5.69 Å². The van der Waals surface area contributed by atoms with Gasteiger partial charge in [-0.2, -0.15) is 0 Å². The highest BCUT2D eigenvalue weighted by atomic mass is 16.6. The van der Waals surface area contributed by atoms with Gasteiger partial charge in [-0.25, -0.2) is 0 Å². The van der Waals surface area contributed by atoms with E-state index in [4.69, 9.17) is 4.74 Å². The fourth-order valence-corrected chi connectivity index (χ4v) is 2.31. The molecule has 0 aliphatic rings. The molecule has 0 heterocycles. The van der Waals surface area contributed by atoms with Gasteiger partial charge in [0.05, 0.1) is 23.3 Å². The van der Waals surface area contributed by atoms with Crippen LogP contribution in [0.1, 0.15) is 32.3 Å². The number of rotatable bonds is 8. The van der Waals surface area contributed by atoms with Crippen LogP contribution < -0.4 is 10.1 Å². The van der Waals surface area contributed by atoms with E-state index in [1.165, 1.54) is 18.3 Å². The molecule has 2 rings (SSSR count). The summed E-state index contributed by atoms with van der Waals surface area (Å²) in [6.45, 7) is 3.90. The average molecular weight is 371 g/mol. The minimum Gasteiger partial charge on any atom is -0.504 e. The van der Waals surface area contributed by atoms with Crippen molar-refractivity contribution in [2.24, 2.45) is 4.99 Å². The molecule has 0 spiro atoms. The number of nitro benzene ring substituents is 1. The Hall–Kier alpha value is -3.42. The van der Waals surface area contributed by atoms with Gasteiger partial charge in [0, 0.05) is 30.0 Å². The topological polar surface area (TPSA) is 114 Å². The van der Waals surface area contributed by atoms with Crippen molar-refractivity contribution >= 4 is 29.2 Å². The molecule has 0 bridgehead atoms. The van der Waals surface area contributed by atoms with E-state index in [1.807, 2.05) is 6.92 Å². The van der Waals surface area contributed by atoms with Gasteiger partial charge < -0.3 is 15.2 Å². The molecule has 0 radical (unpaired) electrons. The Kier molecular flexibility index (Phi) is 6.87. The van der Waals surface area contributed by atoms with Gasteiger partial charge >= 0.3 is 0 Å². The highest BCUT2D eigenvalue weighted by molar-refractivity contribution is 5.91. The van der Waals surface area contributed by atoms with Crippen molar-refractivity contribution in [1.29, 1.82) is 0 Å². The molecular weight excluding hydrogens is 350 g/mol. The second kappa shape index (κ2) is 9.33. The predicted octanol–water partition coefficient (Wildman–Crippen LogP) is 4.19. The maximum atomic E-state index is 11.6.